The molecule has 0 bridgehead atoms. The van der Waals surface area contributed by atoms with Gasteiger partial charge in [-0.25, -0.2) is 9.97 Å². The lowest BCUT2D eigenvalue weighted by Crippen LogP contribution is -2.14. The van der Waals surface area contributed by atoms with Gasteiger partial charge in [0.2, 0.25) is 5.91 Å². The van der Waals surface area contributed by atoms with Crippen LogP contribution in [0.5, 0.6) is 0 Å². The first-order valence-electron chi connectivity index (χ1n) is 10.3. The Morgan fingerprint density at radius 2 is 1.62 bits per heavy atom. The number of rotatable bonds is 5. The van der Waals surface area contributed by atoms with Gasteiger partial charge in [-0.3, -0.25) is 4.79 Å². The average Bonchev–Trinajstić information content (AvgIpc) is 3.40. The van der Waals surface area contributed by atoms with Crippen LogP contribution in [0.15, 0.2) is 72.8 Å². The highest BCUT2D eigenvalue weighted by Gasteiger charge is 2.18. The lowest BCUT2D eigenvalue weighted by molar-refractivity contribution is -0.115. The fourth-order valence-corrected chi connectivity index (χ4v) is 5.61. The molecule has 0 fully saturated rings. The van der Waals surface area contributed by atoms with Crippen molar-refractivity contribution in [3.8, 4) is 21.0 Å². The number of carbonyl (C=O) groups excluding carboxylic acids is 1. The largest absolute Gasteiger partial charge is 0.302 e. The first-order chi connectivity index (χ1) is 15.6. The normalized spacial score (nSPS) is 11.1. The van der Waals surface area contributed by atoms with Crippen LogP contribution in [0.2, 0.25) is 0 Å². The quantitative estimate of drug-likeness (QED) is 0.314. The molecule has 5 aromatic rings. The Bertz CT molecular complexity index is 1400. The van der Waals surface area contributed by atoms with Crippen molar-refractivity contribution >= 4 is 43.9 Å². The van der Waals surface area contributed by atoms with E-state index in [4.69, 9.17) is 4.98 Å². The minimum atomic E-state index is -0.111. The highest BCUT2D eigenvalue weighted by Crippen LogP contribution is 2.36. The fraction of sp³-hybridized carbons (Fsp3) is 0.115. The van der Waals surface area contributed by atoms with Gasteiger partial charge in [-0.2, -0.15) is 0 Å². The first-order valence-corrected chi connectivity index (χ1v) is 12.0. The van der Waals surface area contributed by atoms with Crippen LogP contribution in [0.1, 0.15) is 16.8 Å². The van der Waals surface area contributed by atoms with Gasteiger partial charge in [0.1, 0.15) is 5.01 Å². The molecule has 5 rings (SSSR count). The monoisotopic (exact) mass is 455 g/mol. The number of nitrogens with zero attached hydrogens (tertiary/aromatic N) is 2. The fourth-order valence-electron chi connectivity index (χ4n) is 3.56. The number of hydrogen-bond acceptors (Lipinski definition) is 5. The summed E-state index contributed by atoms with van der Waals surface area (Å²) in [4.78, 5) is 23.4. The highest BCUT2D eigenvalue weighted by molar-refractivity contribution is 7.22. The zero-order valence-corrected chi connectivity index (χ0v) is 19.4. The number of carbonyl (C=O) groups is 1. The third kappa shape index (κ3) is 4.20. The number of amides is 1. The Labute approximate surface area is 194 Å². The van der Waals surface area contributed by atoms with E-state index in [1.54, 1.807) is 11.3 Å². The second-order valence-corrected chi connectivity index (χ2v) is 9.72. The van der Waals surface area contributed by atoms with Crippen molar-refractivity contribution < 1.29 is 4.79 Å². The number of aromatic nitrogens is 2. The number of thiazole rings is 2. The molecule has 2 heterocycles. The van der Waals surface area contributed by atoms with Gasteiger partial charge >= 0.3 is 0 Å². The van der Waals surface area contributed by atoms with Crippen LogP contribution in [0.4, 0.5) is 5.13 Å². The van der Waals surface area contributed by atoms with E-state index in [1.807, 2.05) is 55.5 Å². The van der Waals surface area contributed by atoms with Crippen molar-refractivity contribution in [1.29, 1.82) is 0 Å². The third-order valence-corrected chi connectivity index (χ3v) is 7.36. The molecule has 158 valence electrons. The van der Waals surface area contributed by atoms with Gasteiger partial charge in [0, 0.05) is 5.56 Å². The maximum Gasteiger partial charge on any atom is 0.232 e. The maximum absolute atomic E-state index is 12.9. The van der Waals surface area contributed by atoms with E-state index >= 15 is 0 Å². The van der Waals surface area contributed by atoms with Crippen LogP contribution < -0.4 is 5.32 Å². The van der Waals surface area contributed by atoms with Crippen LogP contribution in [0, 0.1) is 13.8 Å². The standard InChI is InChI=1S/C26H21N3OS2/c1-16-11-13-18(14-12-16)24-20(27-25(32-24)19-8-4-3-5-9-19)15-22(30)28-26-29-23-17(2)7-6-10-21(23)31-26/h3-14H,15H2,1-2H3,(H,28,29,30). The minimum absolute atomic E-state index is 0.111. The zero-order chi connectivity index (χ0) is 22.1. The molecule has 1 amide bonds. The molecule has 3 aromatic carbocycles. The molecule has 0 spiro atoms. The molecule has 1 N–H and O–H groups in total. The van der Waals surface area contributed by atoms with E-state index in [0.717, 1.165) is 42.5 Å². The lowest BCUT2D eigenvalue weighted by atomic mass is 10.1. The van der Waals surface area contributed by atoms with Crippen molar-refractivity contribution in [2.45, 2.75) is 20.3 Å². The van der Waals surface area contributed by atoms with Crippen molar-refractivity contribution in [3.63, 3.8) is 0 Å². The van der Waals surface area contributed by atoms with E-state index in [0.29, 0.717) is 5.13 Å². The smallest absolute Gasteiger partial charge is 0.232 e. The summed E-state index contributed by atoms with van der Waals surface area (Å²) in [7, 11) is 0. The molecule has 0 aliphatic heterocycles. The van der Waals surface area contributed by atoms with Crippen molar-refractivity contribution in [3.05, 3.63) is 89.6 Å². The Kier molecular flexibility index (Phi) is 5.55. The van der Waals surface area contributed by atoms with Crippen molar-refractivity contribution in [2.24, 2.45) is 0 Å². The van der Waals surface area contributed by atoms with Gasteiger partial charge < -0.3 is 5.32 Å². The van der Waals surface area contributed by atoms with Crippen LogP contribution in [-0.4, -0.2) is 15.9 Å². The molecule has 0 radical (unpaired) electrons. The average molecular weight is 456 g/mol. The molecule has 2 aromatic heterocycles. The molecule has 6 heteroatoms. The number of aryl methyl sites for hydroxylation is 2. The number of anilines is 1. The van der Waals surface area contributed by atoms with Gasteiger partial charge in [0.05, 0.1) is 27.2 Å². The summed E-state index contributed by atoms with van der Waals surface area (Å²) in [6.07, 6.45) is 0.196. The van der Waals surface area contributed by atoms with Gasteiger partial charge in [-0.05, 0) is 31.0 Å². The summed E-state index contributed by atoms with van der Waals surface area (Å²) in [6, 6.07) is 24.5. The van der Waals surface area contributed by atoms with Crippen molar-refractivity contribution in [1.82, 2.24) is 9.97 Å². The summed E-state index contributed by atoms with van der Waals surface area (Å²) in [5, 5.41) is 4.51. The maximum atomic E-state index is 12.9. The van der Waals surface area contributed by atoms with Crippen LogP contribution >= 0.6 is 22.7 Å². The molecule has 0 unspecified atom stereocenters. The summed E-state index contributed by atoms with van der Waals surface area (Å²) < 4.78 is 1.07. The summed E-state index contributed by atoms with van der Waals surface area (Å²) in [5.41, 5.74) is 6.16. The van der Waals surface area contributed by atoms with Gasteiger partial charge in [-0.1, -0.05) is 83.6 Å². The molecule has 0 saturated heterocycles. The first kappa shape index (κ1) is 20.5. The van der Waals surface area contributed by atoms with Crippen LogP contribution in [-0.2, 0) is 11.2 Å². The summed E-state index contributed by atoms with van der Waals surface area (Å²) in [6.45, 7) is 4.10. The highest BCUT2D eigenvalue weighted by atomic mass is 32.1. The zero-order valence-electron chi connectivity index (χ0n) is 17.8. The Hall–Kier alpha value is -3.35. The van der Waals surface area contributed by atoms with Crippen molar-refractivity contribution in [2.75, 3.05) is 5.32 Å². The number of benzene rings is 3. The molecule has 0 saturated carbocycles. The summed E-state index contributed by atoms with van der Waals surface area (Å²) in [5.74, 6) is -0.111. The third-order valence-electron chi connectivity index (χ3n) is 5.23. The Balaban J connectivity index is 1.45. The molecule has 4 nitrogen and oxygen atoms in total. The van der Waals surface area contributed by atoms with Crippen LogP contribution in [0.3, 0.4) is 0 Å². The molecule has 32 heavy (non-hydrogen) atoms. The number of para-hydroxylation sites is 1. The van der Waals surface area contributed by atoms with E-state index in [2.05, 4.69) is 41.5 Å². The predicted molar refractivity (Wildman–Crippen MR) is 134 cm³/mol. The number of nitrogens with one attached hydrogen (secondary N) is 1. The molecular weight excluding hydrogens is 434 g/mol. The Morgan fingerprint density at radius 3 is 2.38 bits per heavy atom. The van der Waals surface area contributed by atoms with E-state index in [1.165, 1.54) is 16.9 Å². The second-order valence-electron chi connectivity index (χ2n) is 7.69. The Morgan fingerprint density at radius 1 is 0.844 bits per heavy atom. The van der Waals surface area contributed by atoms with Gasteiger partial charge in [-0.15, -0.1) is 11.3 Å². The predicted octanol–water partition coefficient (Wildman–Crippen LogP) is 6.88. The van der Waals surface area contributed by atoms with E-state index in [9.17, 15) is 4.79 Å². The minimum Gasteiger partial charge on any atom is -0.302 e. The van der Waals surface area contributed by atoms with E-state index < -0.39 is 0 Å². The SMILES string of the molecule is Cc1ccc(-c2sc(-c3ccccc3)nc2CC(=O)Nc2nc3c(C)cccc3s2)cc1. The molecule has 0 aliphatic carbocycles. The summed E-state index contributed by atoms with van der Waals surface area (Å²) >= 11 is 3.12. The number of hydrogen-bond donors (Lipinski definition) is 1. The van der Waals surface area contributed by atoms with E-state index in [-0.39, 0.29) is 12.3 Å². The van der Waals surface area contributed by atoms with Gasteiger partial charge in [0.15, 0.2) is 5.13 Å². The second kappa shape index (κ2) is 8.65. The number of fused-ring (bicyclic) bond motifs is 1. The lowest BCUT2D eigenvalue weighted by Gasteiger charge is -2.04. The van der Waals surface area contributed by atoms with Gasteiger partial charge in [0.25, 0.3) is 0 Å². The van der Waals surface area contributed by atoms with Crippen LogP contribution in [0.25, 0.3) is 31.2 Å². The molecular formula is C26H21N3OS2. The molecule has 0 aliphatic rings. The topological polar surface area (TPSA) is 54.9 Å². The molecule has 0 atom stereocenters.